The minimum absolute atomic E-state index is 0.00561. The number of hydrogen-bond acceptors (Lipinski definition) is 6. The molecular formula is C19H15F3N4O4. The van der Waals surface area contributed by atoms with E-state index in [9.17, 15) is 28.1 Å². The van der Waals surface area contributed by atoms with Gasteiger partial charge in [-0.05, 0) is 30.3 Å². The van der Waals surface area contributed by atoms with Crippen molar-refractivity contribution in [2.45, 2.75) is 6.18 Å². The molecule has 1 heterocycles. The molecule has 156 valence electrons. The van der Waals surface area contributed by atoms with Crippen molar-refractivity contribution in [3.8, 4) is 22.8 Å². The van der Waals surface area contributed by atoms with Crippen LogP contribution in [0.5, 0.6) is 0 Å². The lowest BCUT2D eigenvalue weighted by Gasteiger charge is -2.06. The van der Waals surface area contributed by atoms with E-state index in [1.54, 1.807) is 0 Å². The van der Waals surface area contributed by atoms with Crippen LogP contribution in [0, 0.1) is 10.1 Å². The molecule has 3 N–H and O–H groups in total. The summed E-state index contributed by atoms with van der Waals surface area (Å²) in [6, 6.07) is 9.55. The summed E-state index contributed by atoms with van der Waals surface area (Å²) in [4.78, 5) is 27.3. The number of hydrogen-bond donors (Lipinski definition) is 2. The van der Waals surface area contributed by atoms with Gasteiger partial charge in [-0.3, -0.25) is 14.9 Å². The highest BCUT2D eigenvalue weighted by atomic mass is 19.4. The number of halogens is 3. The summed E-state index contributed by atoms with van der Waals surface area (Å²) >= 11 is 0. The number of nitro groups is 1. The number of benzene rings is 2. The maximum absolute atomic E-state index is 12.8. The van der Waals surface area contributed by atoms with Gasteiger partial charge in [-0.2, -0.15) is 13.2 Å². The Bertz CT molecular complexity index is 1080. The van der Waals surface area contributed by atoms with Gasteiger partial charge in [0.15, 0.2) is 11.5 Å². The second kappa shape index (κ2) is 8.33. The molecular weight excluding hydrogens is 405 g/mol. The van der Waals surface area contributed by atoms with Crippen molar-refractivity contribution in [3.05, 3.63) is 69.9 Å². The number of amides is 1. The number of nitrogens with two attached hydrogens (primary N) is 1. The second-order valence-electron chi connectivity index (χ2n) is 6.09. The van der Waals surface area contributed by atoms with E-state index in [1.165, 1.54) is 24.3 Å². The number of nitro benzene ring substituents is 1. The molecule has 0 saturated carbocycles. The first-order valence-corrected chi connectivity index (χ1v) is 8.63. The van der Waals surface area contributed by atoms with Gasteiger partial charge in [0.25, 0.3) is 11.6 Å². The maximum Gasteiger partial charge on any atom is 0.416 e. The van der Waals surface area contributed by atoms with Crippen molar-refractivity contribution in [2.24, 2.45) is 5.73 Å². The van der Waals surface area contributed by atoms with Crippen LogP contribution in [0.3, 0.4) is 0 Å². The zero-order valence-corrected chi connectivity index (χ0v) is 15.3. The van der Waals surface area contributed by atoms with Crippen LogP contribution in [-0.2, 0) is 6.18 Å². The highest BCUT2D eigenvalue weighted by Crippen LogP contribution is 2.36. The second-order valence-corrected chi connectivity index (χ2v) is 6.09. The van der Waals surface area contributed by atoms with E-state index in [2.05, 4.69) is 10.3 Å². The van der Waals surface area contributed by atoms with Crippen LogP contribution < -0.4 is 11.1 Å². The Morgan fingerprint density at radius 2 is 1.83 bits per heavy atom. The number of carbonyl (C=O) groups excluding carboxylic acids is 1. The first-order chi connectivity index (χ1) is 14.2. The van der Waals surface area contributed by atoms with Gasteiger partial charge in [-0.1, -0.05) is 12.1 Å². The molecule has 0 radical (unpaired) electrons. The van der Waals surface area contributed by atoms with E-state index >= 15 is 0 Å². The predicted octanol–water partition coefficient (Wildman–Crippen LogP) is 3.62. The van der Waals surface area contributed by atoms with Crippen molar-refractivity contribution < 1.29 is 27.3 Å². The lowest BCUT2D eigenvalue weighted by molar-refractivity contribution is -0.384. The van der Waals surface area contributed by atoms with E-state index in [0.29, 0.717) is 0 Å². The summed E-state index contributed by atoms with van der Waals surface area (Å²) in [5, 5.41) is 13.9. The highest BCUT2D eigenvalue weighted by Gasteiger charge is 2.31. The smallest absolute Gasteiger partial charge is 0.416 e. The Morgan fingerprint density at radius 3 is 2.43 bits per heavy atom. The van der Waals surface area contributed by atoms with Crippen LogP contribution in [0.4, 0.5) is 18.9 Å². The zero-order valence-electron chi connectivity index (χ0n) is 15.3. The molecule has 3 rings (SSSR count). The lowest BCUT2D eigenvalue weighted by Crippen LogP contribution is -2.29. The summed E-state index contributed by atoms with van der Waals surface area (Å²) < 4.78 is 44.0. The standard InChI is InChI=1S/C19H15F3N4O4/c20-19(21,22)12-7-5-11(6-8-12)18-25-15(17(27)24-10-9-23)16(30-18)13-3-1-2-4-14(13)26(28)29/h1-8H,9-10,23H2,(H,24,27). The number of carbonyl (C=O) groups is 1. The fraction of sp³-hybridized carbons (Fsp3) is 0.158. The fourth-order valence-electron chi connectivity index (χ4n) is 2.68. The molecule has 0 bridgehead atoms. The molecule has 0 aliphatic heterocycles. The summed E-state index contributed by atoms with van der Waals surface area (Å²) in [5.74, 6) is -1.02. The predicted molar refractivity (Wildman–Crippen MR) is 100 cm³/mol. The molecule has 0 aliphatic carbocycles. The number of nitrogens with one attached hydrogen (secondary N) is 1. The Hall–Kier alpha value is -3.73. The molecule has 1 amide bonds. The summed E-state index contributed by atoms with van der Waals surface area (Å²) in [7, 11) is 0. The zero-order chi connectivity index (χ0) is 21.9. The molecule has 0 unspecified atom stereocenters. The number of oxazole rings is 1. The van der Waals surface area contributed by atoms with Gasteiger partial charge in [-0.15, -0.1) is 0 Å². The molecule has 2 aromatic carbocycles. The van der Waals surface area contributed by atoms with Crippen molar-refractivity contribution in [3.63, 3.8) is 0 Å². The highest BCUT2D eigenvalue weighted by molar-refractivity contribution is 5.99. The van der Waals surface area contributed by atoms with Crippen LogP contribution >= 0.6 is 0 Å². The van der Waals surface area contributed by atoms with E-state index in [-0.39, 0.29) is 47.2 Å². The van der Waals surface area contributed by atoms with Gasteiger partial charge in [0.2, 0.25) is 5.89 Å². The first kappa shape index (κ1) is 21.0. The molecule has 8 nitrogen and oxygen atoms in total. The van der Waals surface area contributed by atoms with Crippen LogP contribution in [0.25, 0.3) is 22.8 Å². The summed E-state index contributed by atoms with van der Waals surface area (Å²) in [6.07, 6.45) is -4.52. The molecule has 0 spiro atoms. The molecule has 0 aliphatic rings. The number of alkyl halides is 3. The average molecular weight is 420 g/mol. The Labute approximate surface area is 167 Å². The van der Waals surface area contributed by atoms with E-state index in [1.807, 2.05) is 0 Å². The molecule has 0 atom stereocenters. The van der Waals surface area contributed by atoms with Gasteiger partial charge >= 0.3 is 6.18 Å². The van der Waals surface area contributed by atoms with Crippen LogP contribution in [0.2, 0.25) is 0 Å². The molecule has 0 saturated heterocycles. The maximum atomic E-state index is 12.8. The average Bonchev–Trinajstić information content (AvgIpc) is 3.17. The number of rotatable bonds is 6. The Balaban J connectivity index is 2.12. The molecule has 1 aromatic heterocycles. The van der Waals surface area contributed by atoms with Gasteiger partial charge in [0.1, 0.15) is 0 Å². The minimum Gasteiger partial charge on any atom is -0.435 e. The summed E-state index contributed by atoms with van der Waals surface area (Å²) in [5.41, 5.74) is 4.12. The first-order valence-electron chi connectivity index (χ1n) is 8.63. The summed E-state index contributed by atoms with van der Waals surface area (Å²) in [6.45, 7) is 0.272. The van der Waals surface area contributed by atoms with Crippen molar-refractivity contribution >= 4 is 11.6 Å². The number of nitrogens with zero attached hydrogens (tertiary/aromatic N) is 2. The third-order valence-electron chi connectivity index (χ3n) is 4.08. The largest absolute Gasteiger partial charge is 0.435 e. The van der Waals surface area contributed by atoms with Crippen LogP contribution in [0.15, 0.2) is 52.9 Å². The van der Waals surface area contributed by atoms with Crippen molar-refractivity contribution in [1.29, 1.82) is 0 Å². The van der Waals surface area contributed by atoms with Crippen molar-refractivity contribution in [2.75, 3.05) is 13.1 Å². The van der Waals surface area contributed by atoms with E-state index in [0.717, 1.165) is 24.3 Å². The fourth-order valence-corrected chi connectivity index (χ4v) is 2.68. The topological polar surface area (TPSA) is 124 Å². The Kier molecular flexibility index (Phi) is 5.83. The van der Waals surface area contributed by atoms with Crippen molar-refractivity contribution in [1.82, 2.24) is 10.3 Å². The number of para-hydroxylation sites is 1. The number of aromatic nitrogens is 1. The molecule has 11 heteroatoms. The van der Waals surface area contributed by atoms with Gasteiger partial charge < -0.3 is 15.5 Å². The SMILES string of the molecule is NCCNC(=O)c1nc(-c2ccc(C(F)(F)F)cc2)oc1-c1ccccc1[N+](=O)[O-]. The minimum atomic E-state index is -4.52. The van der Waals surface area contributed by atoms with Crippen LogP contribution in [0.1, 0.15) is 16.1 Å². The van der Waals surface area contributed by atoms with Crippen LogP contribution in [-0.4, -0.2) is 28.9 Å². The molecule has 0 fully saturated rings. The van der Waals surface area contributed by atoms with Gasteiger partial charge in [-0.25, -0.2) is 4.98 Å². The quantitative estimate of drug-likeness (QED) is 0.464. The van der Waals surface area contributed by atoms with Gasteiger partial charge in [0.05, 0.1) is 16.1 Å². The van der Waals surface area contributed by atoms with E-state index in [4.69, 9.17) is 10.2 Å². The van der Waals surface area contributed by atoms with E-state index < -0.39 is 22.6 Å². The lowest BCUT2D eigenvalue weighted by atomic mass is 10.1. The Morgan fingerprint density at radius 1 is 1.17 bits per heavy atom. The third kappa shape index (κ3) is 4.30. The normalized spacial score (nSPS) is 11.3. The third-order valence-corrected chi connectivity index (χ3v) is 4.08. The van der Waals surface area contributed by atoms with Gasteiger partial charge in [0, 0.05) is 24.7 Å². The molecule has 3 aromatic rings. The monoisotopic (exact) mass is 420 g/mol. The molecule has 30 heavy (non-hydrogen) atoms.